The molecule has 5 atom stereocenters. The quantitative estimate of drug-likeness (QED) is 0.0698. The zero-order valence-electron chi connectivity index (χ0n) is 36.5. The molecular formula is C47H59N7O8. The maximum absolute atomic E-state index is 14.6. The first-order chi connectivity index (χ1) is 29.3. The third-order valence-electron chi connectivity index (χ3n) is 10.9. The number of urea groups is 1. The van der Waals surface area contributed by atoms with Crippen molar-refractivity contribution in [2.45, 2.75) is 97.6 Å². The molecule has 62 heavy (non-hydrogen) atoms. The second-order valence-corrected chi connectivity index (χ2v) is 18.0. The fraction of sp³-hybridized carbons (Fsp3) is 0.426. The van der Waals surface area contributed by atoms with Gasteiger partial charge in [-0.1, -0.05) is 114 Å². The topological polar surface area (TPSA) is 196 Å². The summed E-state index contributed by atoms with van der Waals surface area (Å²) in [5.74, 6) is -0.923. The van der Waals surface area contributed by atoms with Crippen molar-refractivity contribution in [3.05, 3.63) is 130 Å². The van der Waals surface area contributed by atoms with Crippen LogP contribution in [0.3, 0.4) is 0 Å². The van der Waals surface area contributed by atoms with E-state index in [0.29, 0.717) is 18.5 Å². The maximum atomic E-state index is 14.6. The molecule has 0 spiro atoms. The molecule has 1 aliphatic rings. The Kier molecular flexibility index (Phi) is 15.4. The summed E-state index contributed by atoms with van der Waals surface area (Å²) in [6, 6.07) is 25.2. The van der Waals surface area contributed by atoms with Crippen LogP contribution >= 0.6 is 0 Å². The summed E-state index contributed by atoms with van der Waals surface area (Å²) >= 11 is 0. The van der Waals surface area contributed by atoms with Crippen LogP contribution in [-0.2, 0) is 33.7 Å². The largest absolute Gasteiger partial charge is 0.453 e. The number of benzene rings is 3. The molecule has 1 saturated heterocycles. The number of amides is 5. The number of nitro benzene ring substituents is 1. The fourth-order valence-electron chi connectivity index (χ4n) is 7.81. The molecule has 330 valence electrons. The van der Waals surface area contributed by atoms with Gasteiger partial charge in [-0.25, -0.2) is 9.59 Å². The Labute approximate surface area is 363 Å². The van der Waals surface area contributed by atoms with Gasteiger partial charge in [-0.3, -0.25) is 24.7 Å². The van der Waals surface area contributed by atoms with Crippen molar-refractivity contribution in [1.29, 1.82) is 0 Å². The molecule has 0 unspecified atom stereocenters. The molecule has 4 N–H and O–H groups in total. The smallest absolute Gasteiger partial charge is 0.407 e. The number of nitro groups is 1. The van der Waals surface area contributed by atoms with E-state index in [1.807, 2.05) is 114 Å². The predicted octanol–water partition coefficient (Wildman–Crippen LogP) is 6.29. The van der Waals surface area contributed by atoms with Gasteiger partial charge < -0.3 is 35.6 Å². The van der Waals surface area contributed by atoms with Gasteiger partial charge in [-0.2, -0.15) is 0 Å². The number of nitrogens with one attached hydrogen (secondary N) is 3. The Hall–Kier alpha value is -6.35. The van der Waals surface area contributed by atoms with Crippen LogP contribution in [0.4, 0.5) is 15.3 Å². The summed E-state index contributed by atoms with van der Waals surface area (Å²) in [4.78, 5) is 73.5. The average Bonchev–Trinajstić information content (AvgIpc) is 3.57. The van der Waals surface area contributed by atoms with Gasteiger partial charge in [-0.05, 0) is 58.9 Å². The van der Waals surface area contributed by atoms with Crippen LogP contribution in [0.1, 0.15) is 64.7 Å². The Morgan fingerprint density at radius 2 is 1.47 bits per heavy atom. The maximum Gasteiger partial charge on any atom is 0.407 e. The molecule has 15 heteroatoms. The lowest BCUT2D eigenvalue weighted by Gasteiger charge is -2.38. The van der Waals surface area contributed by atoms with Gasteiger partial charge in [0.15, 0.2) is 0 Å². The van der Waals surface area contributed by atoms with Crippen molar-refractivity contribution >= 4 is 29.6 Å². The molecule has 0 radical (unpaired) electrons. The molecule has 1 aliphatic heterocycles. The van der Waals surface area contributed by atoms with Crippen LogP contribution in [0.15, 0.2) is 103 Å². The minimum atomic E-state index is -1.20. The first-order valence-electron chi connectivity index (χ1n) is 20.8. The highest BCUT2D eigenvalue weighted by atomic mass is 16.6. The van der Waals surface area contributed by atoms with Crippen molar-refractivity contribution in [3.8, 4) is 11.3 Å². The molecule has 0 saturated carbocycles. The van der Waals surface area contributed by atoms with E-state index in [-0.39, 0.29) is 37.6 Å². The Morgan fingerprint density at radius 3 is 2.08 bits per heavy atom. The number of carbonyl (C=O) groups excluding carboxylic acids is 4. The molecule has 0 aliphatic carbocycles. The van der Waals surface area contributed by atoms with Crippen LogP contribution in [0.2, 0.25) is 0 Å². The van der Waals surface area contributed by atoms with E-state index in [2.05, 4.69) is 20.9 Å². The summed E-state index contributed by atoms with van der Waals surface area (Å²) in [5, 5.41) is 32.5. The number of pyridine rings is 1. The normalized spacial score (nSPS) is 15.5. The second-order valence-electron chi connectivity index (χ2n) is 18.0. The molecule has 1 aromatic heterocycles. The minimum Gasteiger partial charge on any atom is -0.453 e. The molecule has 4 aromatic rings. The van der Waals surface area contributed by atoms with Gasteiger partial charge in [-0.15, -0.1) is 0 Å². The number of non-ortho nitro benzene ring substituents is 1. The van der Waals surface area contributed by atoms with E-state index < -0.39 is 63.9 Å². The lowest BCUT2D eigenvalue weighted by atomic mass is 9.84. The zero-order chi connectivity index (χ0) is 45.2. The van der Waals surface area contributed by atoms with Gasteiger partial charge in [0.2, 0.25) is 11.8 Å². The lowest BCUT2D eigenvalue weighted by Crippen LogP contribution is -2.59. The fourth-order valence-corrected chi connectivity index (χ4v) is 7.81. The summed E-state index contributed by atoms with van der Waals surface area (Å²) < 4.78 is 4.83. The predicted molar refractivity (Wildman–Crippen MR) is 236 cm³/mol. The van der Waals surface area contributed by atoms with E-state index in [0.717, 1.165) is 22.4 Å². The highest BCUT2D eigenvalue weighted by molar-refractivity contribution is 5.89. The van der Waals surface area contributed by atoms with Gasteiger partial charge in [0, 0.05) is 49.6 Å². The van der Waals surface area contributed by atoms with Crippen molar-refractivity contribution < 1.29 is 33.9 Å². The van der Waals surface area contributed by atoms with Crippen LogP contribution in [-0.4, -0.2) is 99.2 Å². The van der Waals surface area contributed by atoms with Crippen LogP contribution in [0, 0.1) is 20.9 Å². The second kappa shape index (κ2) is 20.5. The number of hydrogen-bond donors (Lipinski definition) is 4. The number of aliphatic hydroxyl groups excluding tert-OH is 1. The first-order valence-corrected chi connectivity index (χ1v) is 20.8. The van der Waals surface area contributed by atoms with E-state index in [1.165, 1.54) is 24.1 Å². The molecule has 2 heterocycles. The average molecular weight is 850 g/mol. The van der Waals surface area contributed by atoms with E-state index >= 15 is 0 Å². The lowest BCUT2D eigenvalue weighted by molar-refractivity contribution is -0.384. The van der Waals surface area contributed by atoms with Crippen molar-refractivity contribution in [1.82, 2.24) is 30.7 Å². The highest BCUT2D eigenvalue weighted by Crippen LogP contribution is 2.30. The Bertz CT molecular complexity index is 2160. The first kappa shape index (κ1) is 46.7. The number of carbonyl (C=O) groups is 4. The highest BCUT2D eigenvalue weighted by Gasteiger charge is 2.44. The molecule has 1 fully saturated rings. The SMILES string of the molecule is COC(=O)N[C@H](C(=O)N[C@@H](Cc1ccc(-c2ccccn2)cc1)C[C@H](O)[C@H](Cc1ccccc1)NC(=O)[C@@H](N1CCN(Cc2cccc([N+](=O)[O-])c2)C1=O)C(C)(C)C)C(C)(C)C. The molecule has 3 aromatic carbocycles. The number of rotatable bonds is 17. The van der Waals surface area contributed by atoms with E-state index in [9.17, 15) is 34.4 Å². The molecular weight excluding hydrogens is 791 g/mol. The Balaban J connectivity index is 1.41. The van der Waals surface area contributed by atoms with Gasteiger partial charge in [0.25, 0.3) is 5.69 Å². The number of ether oxygens (including phenoxy) is 1. The number of alkyl carbamates (subject to hydrolysis) is 1. The molecule has 5 amide bonds. The summed E-state index contributed by atoms with van der Waals surface area (Å²) in [7, 11) is 1.22. The zero-order valence-corrected chi connectivity index (χ0v) is 36.5. The number of methoxy groups -OCH3 is 1. The number of hydrogen-bond acceptors (Lipinski definition) is 9. The third-order valence-corrected chi connectivity index (χ3v) is 10.9. The van der Waals surface area contributed by atoms with Gasteiger partial charge in [0.1, 0.15) is 12.1 Å². The monoisotopic (exact) mass is 849 g/mol. The number of aliphatic hydroxyl groups is 1. The number of nitrogens with zero attached hydrogens (tertiary/aromatic N) is 4. The van der Waals surface area contributed by atoms with E-state index in [4.69, 9.17) is 4.74 Å². The minimum absolute atomic E-state index is 0.0143. The van der Waals surface area contributed by atoms with E-state index in [1.54, 1.807) is 23.2 Å². The van der Waals surface area contributed by atoms with Gasteiger partial charge in [0.05, 0.1) is 29.9 Å². The third kappa shape index (κ3) is 12.6. The molecule has 15 nitrogen and oxygen atoms in total. The van der Waals surface area contributed by atoms with Crippen molar-refractivity contribution in [2.75, 3.05) is 20.2 Å². The molecule has 0 bridgehead atoms. The summed E-state index contributed by atoms with van der Waals surface area (Å²) in [5.41, 5.74) is 2.51. The van der Waals surface area contributed by atoms with Crippen LogP contribution in [0.25, 0.3) is 11.3 Å². The van der Waals surface area contributed by atoms with Crippen LogP contribution < -0.4 is 16.0 Å². The summed E-state index contributed by atoms with van der Waals surface area (Å²) in [6.07, 6.45) is 0.328. The van der Waals surface area contributed by atoms with Gasteiger partial charge >= 0.3 is 12.1 Å². The van der Waals surface area contributed by atoms with Crippen molar-refractivity contribution in [3.63, 3.8) is 0 Å². The summed E-state index contributed by atoms with van der Waals surface area (Å²) in [6.45, 7) is 11.8. The van der Waals surface area contributed by atoms with Crippen LogP contribution in [0.5, 0.6) is 0 Å². The standard InChI is InChI=1S/C47H59N7O8/c1-46(2,3)40(51-44(58)62-7)42(56)49-35(26-32-19-21-34(22-20-32)37-18-11-12-23-48-37)29-39(55)38(28-31-14-9-8-10-15-31)50-43(57)41(47(4,5)6)53-25-24-52(45(53)59)30-33-16-13-17-36(27-33)54(60)61/h8-23,27,35,38-41,55H,24-26,28-30H2,1-7H3,(H,49,56)(H,50,57)(H,51,58)/t35-,38-,39-,40+,41+/m0/s1. The Morgan fingerprint density at radius 1 is 0.806 bits per heavy atom. The number of aromatic nitrogens is 1. The van der Waals surface area contributed by atoms with Crippen molar-refractivity contribution in [2.24, 2.45) is 10.8 Å². The molecule has 5 rings (SSSR count).